The molecule has 1 aromatic carbocycles. The first-order chi connectivity index (χ1) is 15.4. The Morgan fingerprint density at radius 1 is 1.16 bits per heavy atom. The van der Waals surface area contributed by atoms with E-state index in [9.17, 15) is 0 Å². The minimum atomic E-state index is -0.687. The van der Waals surface area contributed by atoms with Crippen molar-refractivity contribution in [2.24, 2.45) is 0 Å². The molecular formula is C24H25N5O3. The molecule has 3 aromatic heterocycles. The summed E-state index contributed by atoms with van der Waals surface area (Å²) in [5.41, 5.74) is 10.7. The van der Waals surface area contributed by atoms with Crippen molar-refractivity contribution in [1.82, 2.24) is 19.5 Å². The van der Waals surface area contributed by atoms with Crippen molar-refractivity contribution in [2.75, 3.05) is 12.3 Å². The number of nitrogens with two attached hydrogens (primary N) is 1. The molecule has 164 valence electrons. The zero-order valence-corrected chi connectivity index (χ0v) is 18.3. The van der Waals surface area contributed by atoms with E-state index in [1.807, 2.05) is 45.2 Å². The number of imidazole rings is 1. The predicted molar refractivity (Wildman–Crippen MR) is 122 cm³/mol. The van der Waals surface area contributed by atoms with Crippen LogP contribution in [0.15, 0.2) is 54.7 Å². The first kappa shape index (κ1) is 20.3. The van der Waals surface area contributed by atoms with Crippen LogP contribution in [0, 0.1) is 0 Å². The molecule has 5 rings (SSSR count). The van der Waals surface area contributed by atoms with Crippen molar-refractivity contribution in [3.05, 3.63) is 60.6 Å². The topological polar surface area (TPSA) is 97.3 Å². The summed E-state index contributed by atoms with van der Waals surface area (Å²) in [6.07, 6.45) is 5.25. The van der Waals surface area contributed by atoms with Crippen molar-refractivity contribution in [2.45, 2.75) is 39.7 Å². The van der Waals surface area contributed by atoms with Crippen LogP contribution in [0.25, 0.3) is 33.1 Å². The maximum atomic E-state index is 6.36. The second-order valence-corrected chi connectivity index (χ2v) is 8.12. The van der Waals surface area contributed by atoms with Crippen molar-refractivity contribution < 1.29 is 14.2 Å². The molecule has 0 amide bonds. The summed E-state index contributed by atoms with van der Waals surface area (Å²) in [4.78, 5) is 13.6. The minimum Gasteiger partial charge on any atom is -0.457 e. The smallest absolute Gasteiger partial charge is 0.244 e. The maximum absolute atomic E-state index is 6.36. The second kappa shape index (κ2) is 7.80. The van der Waals surface area contributed by atoms with E-state index < -0.39 is 5.79 Å². The number of anilines is 1. The van der Waals surface area contributed by atoms with Gasteiger partial charge in [-0.1, -0.05) is 18.2 Å². The van der Waals surface area contributed by atoms with Gasteiger partial charge in [0, 0.05) is 43.8 Å². The lowest BCUT2D eigenvalue weighted by Crippen LogP contribution is -2.21. The van der Waals surface area contributed by atoms with Gasteiger partial charge >= 0.3 is 0 Å². The Bertz CT molecular complexity index is 1330. The fourth-order valence-electron chi connectivity index (χ4n) is 3.94. The number of rotatable bonds is 6. The van der Waals surface area contributed by atoms with Crippen LogP contribution in [0.3, 0.4) is 0 Å². The Balaban J connectivity index is 1.68. The van der Waals surface area contributed by atoms with Gasteiger partial charge in [-0.2, -0.15) is 0 Å². The van der Waals surface area contributed by atoms with E-state index >= 15 is 0 Å². The van der Waals surface area contributed by atoms with Gasteiger partial charge in [0.05, 0.1) is 17.6 Å². The summed E-state index contributed by atoms with van der Waals surface area (Å²) in [6, 6.07) is 10.1. The normalized spacial score (nSPS) is 15.0. The van der Waals surface area contributed by atoms with E-state index in [0.29, 0.717) is 36.9 Å². The summed E-state index contributed by atoms with van der Waals surface area (Å²) in [6.45, 7) is 7.10. The second-order valence-electron chi connectivity index (χ2n) is 8.12. The Labute approximate surface area is 185 Å². The zero-order valence-electron chi connectivity index (χ0n) is 18.3. The van der Waals surface area contributed by atoms with Gasteiger partial charge in [-0.15, -0.1) is 0 Å². The molecule has 4 heterocycles. The van der Waals surface area contributed by atoms with E-state index in [1.54, 1.807) is 12.5 Å². The van der Waals surface area contributed by atoms with Gasteiger partial charge in [0.25, 0.3) is 0 Å². The molecule has 0 saturated carbocycles. The number of nitrogen functional groups attached to an aromatic ring is 1. The molecule has 0 saturated heterocycles. The Hall–Kier alpha value is -3.65. The molecule has 0 fully saturated rings. The summed E-state index contributed by atoms with van der Waals surface area (Å²) in [5.74, 6) is 1.16. The van der Waals surface area contributed by atoms with Crippen molar-refractivity contribution in [1.29, 1.82) is 0 Å². The Morgan fingerprint density at radius 3 is 2.75 bits per heavy atom. The van der Waals surface area contributed by atoms with E-state index in [4.69, 9.17) is 24.9 Å². The number of pyridine rings is 2. The number of ether oxygens (including phenoxy) is 3. The third-order valence-corrected chi connectivity index (χ3v) is 5.38. The molecule has 0 spiro atoms. The van der Waals surface area contributed by atoms with Crippen LogP contribution in [0.2, 0.25) is 0 Å². The molecule has 0 radical (unpaired) electrons. The van der Waals surface area contributed by atoms with Crippen LogP contribution in [-0.2, 0) is 27.4 Å². The third kappa shape index (κ3) is 3.62. The molecule has 0 bridgehead atoms. The Kier molecular flexibility index (Phi) is 4.94. The average molecular weight is 431 g/mol. The van der Waals surface area contributed by atoms with Crippen LogP contribution < -0.4 is 5.73 Å². The highest BCUT2D eigenvalue weighted by Crippen LogP contribution is 2.33. The molecule has 0 unspecified atom stereocenters. The van der Waals surface area contributed by atoms with Crippen LogP contribution in [0.4, 0.5) is 5.82 Å². The molecule has 0 aliphatic carbocycles. The van der Waals surface area contributed by atoms with Crippen LogP contribution >= 0.6 is 0 Å². The largest absolute Gasteiger partial charge is 0.457 e. The van der Waals surface area contributed by atoms with E-state index in [0.717, 1.165) is 33.4 Å². The predicted octanol–water partition coefficient (Wildman–Crippen LogP) is 4.39. The monoisotopic (exact) mass is 431 g/mol. The molecule has 8 heteroatoms. The minimum absolute atomic E-state index is 0.359. The molecule has 4 aromatic rings. The molecule has 1 aliphatic heterocycles. The molecular weight excluding hydrogens is 406 g/mol. The lowest BCUT2D eigenvalue weighted by Gasteiger charge is -2.19. The van der Waals surface area contributed by atoms with Gasteiger partial charge in [0.2, 0.25) is 5.79 Å². The third-order valence-electron chi connectivity index (χ3n) is 5.38. The number of aromatic nitrogens is 4. The summed E-state index contributed by atoms with van der Waals surface area (Å²) >= 11 is 0. The van der Waals surface area contributed by atoms with Crippen molar-refractivity contribution in [3.8, 4) is 11.1 Å². The van der Waals surface area contributed by atoms with Gasteiger partial charge < -0.3 is 24.5 Å². The first-order valence-electron chi connectivity index (χ1n) is 10.6. The molecule has 32 heavy (non-hydrogen) atoms. The molecule has 2 N–H and O–H groups in total. The number of hydrogen-bond donors (Lipinski definition) is 1. The van der Waals surface area contributed by atoms with Crippen molar-refractivity contribution in [3.63, 3.8) is 0 Å². The summed E-state index contributed by atoms with van der Waals surface area (Å²) in [7, 11) is 0. The maximum Gasteiger partial charge on any atom is 0.244 e. The Morgan fingerprint density at radius 2 is 2.03 bits per heavy atom. The average Bonchev–Trinajstić information content (AvgIpc) is 3.32. The van der Waals surface area contributed by atoms with Gasteiger partial charge in [-0.25, -0.2) is 9.97 Å². The SMILES string of the molecule is CCOCc1nc2c(N)nc3cc(-c4cccnc4)ccc3c2n1CC1=COC(C)(C)O1. The number of benzene rings is 1. The lowest BCUT2D eigenvalue weighted by atomic mass is 10.0. The molecule has 1 aliphatic rings. The fraction of sp³-hybridized carbons (Fsp3) is 0.292. The zero-order chi connectivity index (χ0) is 22.3. The lowest BCUT2D eigenvalue weighted by molar-refractivity contribution is -0.118. The van der Waals surface area contributed by atoms with E-state index in [1.165, 1.54) is 0 Å². The van der Waals surface area contributed by atoms with Gasteiger partial charge in [-0.3, -0.25) is 4.98 Å². The number of hydrogen-bond acceptors (Lipinski definition) is 7. The van der Waals surface area contributed by atoms with E-state index in [-0.39, 0.29) is 0 Å². The van der Waals surface area contributed by atoms with Crippen LogP contribution in [0.1, 0.15) is 26.6 Å². The van der Waals surface area contributed by atoms with Crippen LogP contribution in [-0.4, -0.2) is 31.9 Å². The first-order valence-corrected chi connectivity index (χ1v) is 10.6. The number of fused-ring (bicyclic) bond motifs is 3. The summed E-state index contributed by atoms with van der Waals surface area (Å²) in [5, 5.41) is 0.955. The number of allylic oxidation sites excluding steroid dienone is 1. The fourth-order valence-corrected chi connectivity index (χ4v) is 3.94. The standard InChI is InChI=1S/C24H25N5O3/c1-4-30-14-20-28-21-22(29(20)12-17-13-31-24(2,3)32-17)18-8-7-15(10-19(18)27-23(21)25)16-6-5-9-26-11-16/h5-11,13H,4,12,14H2,1-3H3,(H2,25,27). The summed E-state index contributed by atoms with van der Waals surface area (Å²) < 4.78 is 19.3. The highest BCUT2D eigenvalue weighted by atomic mass is 16.7. The van der Waals surface area contributed by atoms with Gasteiger partial charge in [0.15, 0.2) is 11.6 Å². The molecule has 8 nitrogen and oxygen atoms in total. The van der Waals surface area contributed by atoms with Crippen molar-refractivity contribution >= 4 is 27.8 Å². The van der Waals surface area contributed by atoms with Crippen LogP contribution in [0.5, 0.6) is 0 Å². The molecule has 0 atom stereocenters. The highest BCUT2D eigenvalue weighted by molar-refractivity contribution is 6.07. The van der Waals surface area contributed by atoms with Gasteiger partial charge in [0.1, 0.15) is 24.2 Å². The highest BCUT2D eigenvalue weighted by Gasteiger charge is 2.29. The number of nitrogens with zero attached hydrogens (tertiary/aromatic N) is 4. The van der Waals surface area contributed by atoms with E-state index in [2.05, 4.69) is 26.7 Å². The van der Waals surface area contributed by atoms with Gasteiger partial charge in [-0.05, 0) is 24.6 Å². The quantitative estimate of drug-likeness (QED) is 0.483.